The lowest BCUT2D eigenvalue weighted by Gasteiger charge is -2.46. The number of fused-ring (bicyclic) bond motifs is 6. The lowest BCUT2D eigenvalue weighted by atomic mass is 9.68. The molecule has 0 amide bonds. The molecule has 2 heterocycles. The minimum Gasteiger partial charge on any atom is -0.506 e. The molecule has 2 aromatic rings. The third kappa shape index (κ3) is 3.45. The molecule has 182 valence electrons. The number of allylic oxidation sites excluding steroid dienone is 1. The number of benzene rings is 2. The van der Waals surface area contributed by atoms with Gasteiger partial charge in [-0.1, -0.05) is 52.5 Å². The summed E-state index contributed by atoms with van der Waals surface area (Å²) in [6.45, 7) is 3.11. The summed E-state index contributed by atoms with van der Waals surface area (Å²) in [6.07, 6.45) is 1.09. The molecule has 5 rings (SSSR count). The van der Waals surface area contributed by atoms with E-state index >= 15 is 0 Å². The summed E-state index contributed by atoms with van der Waals surface area (Å²) in [5, 5.41) is 21.6. The average molecular weight is 556 g/mol. The highest BCUT2D eigenvalue weighted by molar-refractivity contribution is 6.42. The van der Waals surface area contributed by atoms with Gasteiger partial charge in [-0.3, -0.25) is 0 Å². The van der Waals surface area contributed by atoms with Crippen molar-refractivity contribution in [2.45, 2.75) is 38.4 Å². The molecule has 0 saturated carbocycles. The number of ketones is 1. The fourth-order valence-electron chi connectivity index (χ4n) is 4.97. The molecule has 0 aromatic heterocycles. The van der Waals surface area contributed by atoms with Gasteiger partial charge in [0.25, 0.3) is 0 Å². The largest absolute Gasteiger partial charge is 0.506 e. The van der Waals surface area contributed by atoms with Crippen molar-refractivity contribution in [3.05, 3.63) is 78.0 Å². The number of carbonyl (C=O) groups is 2. The van der Waals surface area contributed by atoms with Crippen molar-refractivity contribution in [2.24, 2.45) is 5.92 Å². The molecule has 2 aromatic carbocycles. The van der Waals surface area contributed by atoms with Crippen molar-refractivity contribution in [2.75, 3.05) is 0 Å². The zero-order chi connectivity index (χ0) is 25.4. The van der Waals surface area contributed by atoms with E-state index in [2.05, 4.69) is 0 Å². The summed E-state index contributed by atoms with van der Waals surface area (Å²) in [5.74, 6) is -1.82. The molecule has 0 fully saturated rings. The van der Waals surface area contributed by atoms with Crippen LogP contribution in [-0.2, 0) is 15.1 Å². The normalized spacial score (nSPS) is 24.4. The second-order valence-corrected chi connectivity index (χ2v) is 10.4. The predicted octanol–water partition coefficient (Wildman–Crippen LogP) is 6.77. The van der Waals surface area contributed by atoms with Crippen LogP contribution in [0.4, 0.5) is 0 Å². The number of halogens is 4. The van der Waals surface area contributed by atoms with Gasteiger partial charge < -0.3 is 24.5 Å². The molecule has 0 bridgehead atoms. The number of phenolic OH excluding ortho intramolecular Hbond substituents is 1. The van der Waals surface area contributed by atoms with E-state index in [0.29, 0.717) is 22.3 Å². The molecule has 10 heteroatoms. The fraction of sp³-hybridized carbons (Fsp3) is 0.280. The molecule has 2 N–H and O–H groups in total. The molecule has 6 nitrogen and oxygen atoms in total. The predicted molar refractivity (Wildman–Crippen MR) is 132 cm³/mol. The van der Waals surface area contributed by atoms with Crippen molar-refractivity contribution < 1.29 is 29.3 Å². The first-order valence-electron chi connectivity index (χ1n) is 10.7. The van der Waals surface area contributed by atoms with Crippen LogP contribution in [0.25, 0.3) is 0 Å². The molecule has 1 spiro atoms. The van der Waals surface area contributed by atoms with Gasteiger partial charge in [-0.15, -0.1) is 0 Å². The number of rotatable bonds is 3. The SMILES string of the molecule is CC(=O)CCC1=CC2C(Oc3c(cc(C)c(O)c3Cl)C23OC(=O)c2cc(Cl)c(Cl)cc23)C(Cl)=C1O. The quantitative estimate of drug-likeness (QED) is 0.406. The number of Topliss-reactive ketones (excluding diaryl/α,β-unsaturated/α-hetero) is 1. The van der Waals surface area contributed by atoms with Crippen LogP contribution in [0.5, 0.6) is 11.5 Å². The summed E-state index contributed by atoms with van der Waals surface area (Å²) >= 11 is 25.7. The third-order valence-electron chi connectivity index (χ3n) is 6.67. The molecule has 0 radical (unpaired) electrons. The van der Waals surface area contributed by atoms with Crippen LogP contribution in [0.15, 0.2) is 40.6 Å². The number of hydrogen-bond donors (Lipinski definition) is 2. The minimum atomic E-state index is -1.51. The van der Waals surface area contributed by atoms with Crippen molar-refractivity contribution >= 4 is 58.2 Å². The van der Waals surface area contributed by atoms with Gasteiger partial charge in [0.1, 0.15) is 39.2 Å². The molecular formula is C25H18Cl4O6. The Morgan fingerprint density at radius 2 is 1.77 bits per heavy atom. The molecule has 0 saturated heterocycles. The van der Waals surface area contributed by atoms with Gasteiger partial charge in [0.15, 0.2) is 5.60 Å². The van der Waals surface area contributed by atoms with Crippen LogP contribution in [0.1, 0.15) is 46.8 Å². The Morgan fingerprint density at radius 3 is 2.46 bits per heavy atom. The van der Waals surface area contributed by atoms with Crippen LogP contribution < -0.4 is 4.74 Å². The fourth-order valence-corrected chi connectivity index (χ4v) is 5.89. The number of aromatic hydroxyl groups is 1. The summed E-state index contributed by atoms with van der Waals surface area (Å²) in [7, 11) is 0. The molecule has 1 aliphatic carbocycles. The maximum atomic E-state index is 13.2. The molecule has 35 heavy (non-hydrogen) atoms. The lowest BCUT2D eigenvalue weighted by Crippen LogP contribution is -2.50. The molecule has 3 unspecified atom stereocenters. The van der Waals surface area contributed by atoms with E-state index in [1.807, 2.05) is 0 Å². The second kappa shape index (κ2) is 8.34. The van der Waals surface area contributed by atoms with E-state index in [9.17, 15) is 19.8 Å². The van der Waals surface area contributed by atoms with E-state index in [-0.39, 0.29) is 61.5 Å². The van der Waals surface area contributed by atoms with E-state index < -0.39 is 23.6 Å². The Labute approximate surface area is 220 Å². The highest BCUT2D eigenvalue weighted by Gasteiger charge is 2.61. The number of phenols is 1. The van der Waals surface area contributed by atoms with Crippen LogP contribution in [0, 0.1) is 12.8 Å². The number of ether oxygens (including phenoxy) is 2. The summed E-state index contributed by atoms with van der Waals surface area (Å²) in [4.78, 5) is 24.8. The first-order valence-corrected chi connectivity index (χ1v) is 12.2. The van der Waals surface area contributed by atoms with Gasteiger partial charge in [-0.05, 0) is 49.6 Å². The number of esters is 1. The van der Waals surface area contributed by atoms with Gasteiger partial charge >= 0.3 is 5.97 Å². The Balaban J connectivity index is 1.84. The second-order valence-electron chi connectivity index (χ2n) is 8.82. The number of aryl methyl sites for hydroxylation is 1. The van der Waals surface area contributed by atoms with Crippen molar-refractivity contribution in [3.63, 3.8) is 0 Å². The zero-order valence-corrected chi connectivity index (χ0v) is 21.4. The molecule has 3 aliphatic rings. The lowest BCUT2D eigenvalue weighted by molar-refractivity contribution is -0.116. The molecule has 2 aliphatic heterocycles. The van der Waals surface area contributed by atoms with Crippen molar-refractivity contribution in [1.82, 2.24) is 0 Å². The van der Waals surface area contributed by atoms with Gasteiger partial charge in [-0.2, -0.15) is 0 Å². The first-order chi connectivity index (χ1) is 16.5. The van der Waals surface area contributed by atoms with E-state index in [1.165, 1.54) is 13.0 Å². The Bertz CT molecular complexity index is 1400. The third-order valence-corrected chi connectivity index (χ3v) is 8.14. The number of hydrogen-bond acceptors (Lipinski definition) is 6. The topological polar surface area (TPSA) is 93.1 Å². The summed E-state index contributed by atoms with van der Waals surface area (Å²) in [5.41, 5.74) is 0.359. The standard InChI is InChI=1S/C25H18Cl4O6/c1-9-5-14-22(18(28)20(9)31)34-23-15(6-11(4-3-10(2)30)21(32)19(23)29)25(14)13-8-17(27)16(26)7-12(13)24(33)35-25/h5-8,15,23,31-32H,3-4H2,1-2H3. The Hall–Kier alpha value is -2.38. The Morgan fingerprint density at radius 1 is 1.09 bits per heavy atom. The maximum absolute atomic E-state index is 13.2. The molecular weight excluding hydrogens is 538 g/mol. The van der Waals surface area contributed by atoms with Gasteiger partial charge in [-0.25, -0.2) is 4.79 Å². The molecule has 3 atom stereocenters. The van der Waals surface area contributed by atoms with E-state index in [0.717, 1.165) is 0 Å². The van der Waals surface area contributed by atoms with E-state index in [4.69, 9.17) is 55.9 Å². The van der Waals surface area contributed by atoms with Crippen LogP contribution in [0.3, 0.4) is 0 Å². The number of aliphatic hydroxyl groups is 1. The first kappa shape index (κ1) is 24.3. The summed E-state index contributed by atoms with van der Waals surface area (Å²) in [6, 6.07) is 4.63. The van der Waals surface area contributed by atoms with Gasteiger partial charge in [0.05, 0.1) is 21.5 Å². The van der Waals surface area contributed by atoms with E-state index in [1.54, 1.807) is 25.1 Å². The smallest absolute Gasteiger partial charge is 0.339 e. The monoisotopic (exact) mass is 554 g/mol. The summed E-state index contributed by atoms with van der Waals surface area (Å²) < 4.78 is 12.3. The average Bonchev–Trinajstić information content (AvgIpc) is 3.07. The Kier molecular flexibility index (Phi) is 5.80. The van der Waals surface area contributed by atoms with Crippen LogP contribution in [-0.4, -0.2) is 28.1 Å². The number of carbonyl (C=O) groups excluding carboxylic acids is 2. The van der Waals surface area contributed by atoms with Crippen molar-refractivity contribution in [1.29, 1.82) is 0 Å². The maximum Gasteiger partial charge on any atom is 0.339 e. The van der Waals surface area contributed by atoms with Crippen LogP contribution in [0.2, 0.25) is 15.1 Å². The van der Waals surface area contributed by atoms with Crippen molar-refractivity contribution in [3.8, 4) is 11.5 Å². The van der Waals surface area contributed by atoms with Gasteiger partial charge in [0, 0.05) is 17.5 Å². The minimum absolute atomic E-state index is 0.0400. The highest BCUT2D eigenvalue weighted by atomic mass is 35.5. The zero-order valence-electron chi connectivity index (χ0n) is 18.4. The number of aliphatic hydroxyl groups excluding tert-OH is 1. The van der Waals surface area contributed by atoms with Crippen LogP contribution >= 0.6 is 46.4 Å². The highest BCUT2D eigenvalue weighted by Crippen LogP contribution is 2.60. The van der Waals surface area contributed by atoms with Gasteiger partial charge in [0.2, 0.25) is 0 Å².